The molecule has 0 radical (unpaired) electrons. The summed E-state index contributed by atoms with van der Waals surface area (Å²) in [4.78, 5) is 19.8. The highest BCUT2D eigenvalue weighted by atomic mass is 32.1. The molecule has 0 amide bonds. The number of nitrogens with one attached hydrogen (secondary N) is 1. The van der Waals surface area contributed by atoms with Crippen LogP contribution in [-0.4, -0.2) is 33.0 Å². The first-order valence-electron chi connectivity index (χ1n) is 4.57. The average Bonchev–Trinajstić information content (AvgIpc) is 2.44. The molecule has 1 aliphatic heterocycles. The Morgan fingerprint density at radius 2 is 2.40 bits per heavy atom. The zero-order chi connectivity index (χ0) is 11.0. The summed E-state index contributed by atoms with van der Waals surface area (Å²) in [5, 5.41) is 8.76. The summed E-state index contributed by atoms with van der Waals surface area (Å²) in [5.41, 5.74) is 2.56. The van der Waals surface area contributed by atoms with Gasteiger partial charge in [-0.15, -0.1) is 0 Å². The molecule has 80 valence electrons. The van der Waals surface area contributed by atoms with Gasteiger partial charge in [0.1, 0.15) is 0 Å². The minimum atomic E-state index is -0.875. The fourth-order valence-corrected chi connectivity index (χ4v) is 2.04. The Morgan fingerprint density at radius 3 is 3.07 bits per heavy atom. The van der Waals surface area contributed by atoms with Crippen molar-refractivity contribution in [3.05, 3.63) is 21.7 Å². The van der Waals surface area contributed by atoms with Crippen LogP contribution in [0, 0.1) is 4.77 Å². The number of nitrogens with zero attached hydrogens (tertiary/aromatic N) is 2. The predicted molar refractivity (Wildman–Crippen MR) is 55.9 cm³/mol. The van der Waals surface area contributed by atoms with E-state index in [1.54, 1.807) is 0 Å². The minimum absolute atomic E-state index is 0.0610. The van der Waals surface area contributed by atoms with E-state index in [0.717, 1.165) is 24.3 Å². The Balaban J connectivity index is 2.47. The Kier molecular flexibility index (Phi) is 2.54. The van der Waals surface area contributed by atoms with Crippen LogP contribution in [0.5, 0.6) is 0 Å². The van der Waals surface area contributed by atoms with E-state index in [4.69, 9.17) is 17.3 Å². The number of fused-ring (bicyclic) bond motifs is 1. The summed E-state index contributed by atoms with van der Waals surface area (Å²) in [6.45, 7) is 1.51. The molecule has 1 aromatic rings. The fraction of sp³-hybridized carbons (Fsp3) is 0.444. The molecular formula is C9H11N3O2S. The van der Waals surface area contributed by atoms with Gasteiger partial charge in [0.15, 0.2) is 4.77 Å². The summed E-state index contributed by atoms with van der Waals surface area (Å²) < 4.78 is 0.361. The van der Waals surface area contributed by atoms with Crippen LogP contribution in [-0.2, 0) is 24.3 Å². The zero-order valence-electron chi connectivity index (χ0n) is 8.28. The molecule has 5 nitrogen and oxygen atoms in total. The van der Waals surface area contributed by atoms with Crippen LogP contribution in [0.25, 0.3) is 0 Å². The van der Waals surface area contributed by atoms with E-state index < -0.39 is 5.97 Å². The lowest BCUT2D eigenvalue weighted by molar-refractivity contribution is -0.136. The molecule has 0 saturated carbocycles. The quantitative estimate of drug-likeness (QED) is 0.725. The van der Waals surface area contributed by atoms with Gasteiger partial charge in [0, 0.05) is 24.3 Å². The van der Waals surface area contributed by atoms with Gasteiger partial charge in [-0.25, -0.2) is 4.98 Å². The first-order valence-corrected chi connectivity index (χ1v) is 4.98. The lowest BCUT2D eigenvalue weighted by Crippen LogP contribution is -2.09. The van der Waals surface area contributed by atoms with Gasteiger partial charge in [-0.05, 0) is 19.3 Å². The first-order chi connectivity index (χ1) is 7.06. The van der Waals surface area contributed by atoms with Gasteiger partial charge in [0.05, 0.1) is 12.1 Å². The highest BCUT2D eigenvalue weighted by Crippen LogP contribution is 2.21. The molecule has 0 aromatic carbocycles. The molecule has 0 spiro atoms. The van der Waals surface area contributed by atoms with E-state index in [1.165, 1.54) is 0 Å². The number of aromatic amines is 1. The van der Waals surface area contributed by atoms with Crippen molar-refractivity contribution in [3.63, 3.8) is 0 Å². The molecule has 0 bridgehead atoms. The third kappa shape index (κ3) is 2.05. The molecule has 0 fully saturated rings. The number of carboxylic acids is 1. The van der Waals surface area contributed by atoms with E-state index in [9.17, 15) is 4.79 Å². The van der Waals surface area contributed by atoms with Crippen LogP contribution in [0.3, 0.4) is 0 Å². The molecule has 0 saturated heterocycles. The van der Waals surface area contributed by atoms with Crippen LogP contribution >= 0.6 is 12.2 Å². The average molecular weight is 225 g/mol. The normalized spacial score (nSPS) is 15.3. The van der Waals surface area contributed by atoms with Crippen molar-refractivity contribution < 1.29 is 9.90 Å². The molecule has 15 heavy (non-hydrogen) atoms. The van der Waals surface area contributed by atoms with Crippen LogP contribution < -0.4 is 0 Å². The number of hydrogen-bond acceptors (Lipinski definition) is 4. The third-order valence-corrected chi connectivity index (χ3v) is 2.58. The Bertz CT molecular complexity index is 469. The molecule has 2 heterocycles. The van der Waals surface area contributed by atoms with Gasteiger partial charge >= 0.3 is 5.97 Å². The second-order valence-electron chi connectivity index (χ2n) is 3.69. The van der Waals surface area contributed by atoms with Crippen LogP contribution in [0.2, 0.25) is 0 Å². The highest BCUT2D eigenvalue weighted by molar-refractivity contribution is 7.71. The maximum atomic E-state index is 10.7. The SMILES string of the molecule is CN1Cc2[nH]c(=S)nc(CC(=O)O)c2C1. The van der Waals surface area contributed by atoms with Gasteiger partial charge in [-0.2, -0.15) is 0 Å². The third-order valence-electron chi connectivity index (χ3n) is 2.38. The van der Waals surface area contributed by atoms with Crippen molar-refractivity contribution in [2.24, 2.45) is 0 Å². The standard InChI is InChI=1S/C9H11N3O2S/c1-12-3-5-6(2-8(13)14)10-9(15)11-7(5)4-12/h2-4H2,1H3,(H,13,14)(H,10,11,15). The van der Waals surface area contributed by atoms with Gasteiger partial charge < -0.3 is 10.1 Å². The lowest BCUT2D eigenvalue weighted by atomic mass is 10.1. The summed E-state index contributed by atoms with van der Waals surface area (Å²) in [6, 6.07) is 0. The Labute approximate surface area is 91.8 Å². The summed E-state index contributed by atoms with van der Waals surface area (Å²) in [6.07, 6.45) is -0.0610. The molecule has 0 aliphatic carbocycles. The van der Waals surface area contributed by atoms with Crippen molar-refractivity contribution in [2.75, 3.05) is 7.05 Å². The van der Waals surface area contributed by atoms with Gasteiger partial charge in [0.25, 0.3) is 0 Å². The lowest BCUT2D eigenvalue weighted by Gasteiger charge is -2.04. The molecule has 0 atom stereocenters. The minimum Gasteiger partial charge on any atom is -0.481 e. The van der Waals surface area contributed by atoms with E-state index in [2.05, 4.69) is 14.9 Å². The maximum absolute atomic E-state index is 10.7. The number of rotatable bonds is 2. The topological polar surface area (TPSA) is 69.2 Å². The van der Waals surface area contributed by atoms with Gasteiger partial charge in [-0.3, -0.25) is 9.69 Å². The molecule has 1 aliphatic rings. The van der Waals surface area contributed by atoms with Crippen molar-refractivity contribution >= 4 is 18.2 Å². The maximum Gasteiger partial charge on any atom is 0.309 e. The van der Waals surface area contributed by atoms with Gasteiger partial charge in [0.2, 0.25) is 0 Å². The van der Waals surface area contributed by atoms with Crippen LogP contribution in [0.4, 0.5) is 0 Å². The number of H-pyrrole nitrogens is 1. The summed E-state index contributed by atoms with van der Waals surface area (Å²) >= 11 is 4.95. The summed E-state index contributed by atoms with van der Waals surface area (Å²) in [7, 11) is 1.97. The number of carboxylic acid groups (broad SMARTS) is 1. The largest absolute Gasteiger partial charge is 0.481 e. The van der Waals surface area contributed by atoms with E-state index in [-0.39, 0.29) is 6.42 Å². The molecule has 2 N–H and O–H groups in total. The summed E-state index contributed by atoms with van der Waals surface area (Å²) in [5.74, 6) is -0.875. The van der Waals surface area contributed by atoms with Crippen LogP contribution in [0.15, 0.2) is 0 Å². The van der Waals surface area contributed by atoms with Crippen molar-refractivity contribution in [3.8, 4) is 0 Å². The molecule has 0 unspecified atom stereocenters. The first kappa shape index (κ1) is 10.3. The zero-order valence-corrected chi connectivity index (χ0v) is 9.10. The van der Waals surface area contributed by atoms with Crippen LogP contribution in [0.1, 0.15) is 17.0 Å². The monoisotopic (exact) mass is 225 g/mol. The second kappa shape index (κ2) is 3.71. The number of aliphatic carboxylic acids is 1. The van der Waals surface area contributed by atoms with E-state index >= 15 is 0 Å². The number of hydrogen-bond donors (Lipinski definition) is 2. The van der Waals surface area contributed by atoms with Crippen molar-refractivity contribution in [1.29, 1.82) is 0 Å². The number of aromatic nitrogens is 2. The van der Waals surface area contributed by atoms with Gasteiger partial charge in [-0.1, -0.05) is 0 Å². The number of carbonyl (C=O) groups is 1. The van der Waals surface area contributed by atoms with Crippen molar-refractivity contribution in [1.82, 2.24) is 14.9 Å². The second-order valence-corrected chi connectivity index (χ2v) is 4.08. The van der Waals surface area contributed by atoms with E-state index in [0.29, 0.717) is 10.5 Å². The van der Waals surface area contributed by atoms with Crippen molar-refractivity contribution in [2.45, 2.75) is 19.5 Å². The predicted octanol–water partition coefficient (Wildman–Crippen LogP) is 0.712. The Morgan fingerprint density at radius 1 is 1.67 bits per heavy atom. The Hall–Kier alpha value is -1.27. The highest BCUT2D eigenvalue weighted by Gasteiger charge is 2.21. The fourth-order valence-electron chi connectivity index (χ4n) is 1.80. The molecule has 1 aromatic heterocycles. The smallest absolute Gasteiger partial charge is 0.309 e. The molecular weight excluding hydrogens is 214 g/mol. The molecule has 6 heteroatoms. The van der Waals surface area contributed by atoms with E-state index in [1.807, 2.05) is 7.05 Å². The molecule has 2 rings (SSSR count).